The van der Waals surface area contributed by atoms with Crippen molar-refractivity contribution in [3.05, 3.63) is 18.0 Å². The first kappa shape index (κ1) is 11.5. The summed E-state index contributed by atoms with van der Waals surface area (Å²) in [6, 6.07) is 1.62. The second kappa shape index (κ2) is 3.77. The number of aryl methyl sites for hydroxylation is 2. The maximum absolute atomic E-state index is 12.0. The van der Waals surface area contributed by atoms with Crippen molar-refractivity contribution in [1.82, 2.24) is 20.0 Å². The van der Waals surface area contributed by atoms with E-state index in [4.69, 9.17) is 5.73 Å². The van der Waals surface area contributed by atoms with Crippen LogP contribution in [0, 0.1) is 6.92 Å². The van der Waals surface area contributed by atoms with Gasteiger partial charge in [0.25, 0.3) is 10.0 Å². The third kappa shape index (κ3) is 2.09. The third-order valence-electron chi connectivity index (χ3n) is 2.16. The van der Waals surface area contributed by atoms with Gasteiger partial charge in [-0.05, 0) is 6.92 Å². The number of nitrogens with two attached hydrogens (primary N) is 1. The van der Waals surface area contributed by atoms with E-state index in [1.165, 1.54) is 4.68 Å². The summed E-state index contributed by atoms with van der Waals surface area (Å²) in [6.07, 6.45) is 1.15. The number of aromatic amines is 1. The molecule has 2 aromatic heterocycles. The van der Waals surface area contributed by atoms with E-state index >= 15 is 0 Å². The van der Waals surface area contributed by atoms with Gasteiger partial charge in [-0.15, -0.1) is 0 Å². The van der Waals surface area contributed by atoms with Crippen LogP contribution in [0.5, 0.6) is 0 Å². The Balaban J connectivity index is 2.36. The highest BCUT2D eigenvalue weighted by atomic mass is 32.2. The zero-order valence-corrected chi connectivity index (χ0v) is 10.1. The van der Waals surface area contributed by atoms with Crippen molar-refractivity contribution >= 4 is 21.7 Å². The molecule has 0 unspecified atom stereocenters. The lowest BCUT2D eigenvalue weighted by Crippen LogP contribution is -2.16. The molecule has 9 heteroatoms. The molecular weight excluding hydrogens is 244 g/mol. The Morgan fingerprint density at radius 2 is 2.24 bits per heavy atom. The van der Waals surface area contributed by atoms with Gasteiger partial charge in [0.1, 0.15) is 16.5 Å². The number of rotatable bonds is 3. The summed E-state index contributed by atoms with van der Waals surface area (Å²) in [5, 5.41) is 9.97. The normalized spacial score (nSPS) is 11.6. The van der Waals surface area contributed by atoms with E-state index in [1.807, 2.05) is 0 Å². The molecule has 92 valence electrons. The van der Waals surface area contributed by atoms with Crippen LogP contribution < -0.4 is 10.5 Å². The minimum Gasteiger partial charge on any atom is -0.383 e. The maximum atomic E-state index is 12.0. The predicted molar refractivity (Wildman–Crippen MR) is 61.8 cm³/mol. The van der Waals surface area contributed by atoms with E-state index in [-0.39, 0.29) is 10.7 Å². The van der Waals surface area contributed by atoms with Gasteiger partial charge in [-0.1, -0.05) is 0 Å². The number of nitrogens with zero attached hydrogens (tertiary/aromatic N) is 3. The highest BCUT2D eigenvalue weighted by Crippen LogP contribution is 2.19. The standard InChI is InChI=1S/C8H12N6O2S/c1-5-3-7(14(2)12-5)13-17(15,16)6-4-10-11-8(6)9/h3-4,13H,1-2H3,(H3,9,10,11). The number of nitrogens with one attached hydrogen (secondary N) is 2. The zero-order valence-electron chi connectivity index (χ0n) is 9.30. The summed E-state index contributed by atoms with van der Waals surface area (Å²) < 4.78 is 27.7. The van der Waals surface area contributed by atoms with Gasteiger partial charge < -0.3 is 5.73 Å². The summed E-state index contributed by atoms with van der Waals surface area (Å²) >= 11 is 0. The SMILES string of the molecule is Cc1cc(NS(=O)(=O)c2cn[nH]c2N)n(C)n1. The molecule has 2 heterocycles. The molecule has 0 atom stereocenters. The van der Waals surface area contributed by atoms with Gasteiger partial charge >= 0.3 is 0 Å². The monoisotopic (exact) mass is 256 g/mol. The lowest BCUT2D eigenvalue weighted by molar-refractivity contribution is 0.600. The molecule has 0 aliphatic carbocycles. The van der Waals surface area contributed by atoms with Crippen molar-refractivity contribution in [1.29, 1.82) is 0 Å². The van der Waals surface area contributed by atoms with Gasteiger partial charge in [0, 0.05) is 13.1 Å². The molecule has 0 amide bonds. The van der Waals surface area contributed by atoms with Crippen molar-refractivity contribution in [3.63, 3.8) is 0 Å². The number of H-pyrrole nitrogens is 1. The Morgan fingerprint density at radius 1 is 1.53 bits per heavy atom. The fourth-order valence-corrected chi connectivity index (χ4v) is 2.50. The van der Waals surface area contributed by atoms with Crippen molar-refractivity contribution in [2.45, 2.75) is 11.8 Å². The van der Waals surface area contributed by atoms with Crippen molar-refractivity contribution in [2.24, 2.45) is 7.05 Å². The van der Waals surface area contributed by atoms with E-state index in [0.29, 0.717) is 11.5 Å². The fraction of sp³-hybridized carbons (Fsp3) is 0.250. The summed E-state index contributed by atoms with van der Waals surface area (Å²) in [5.41, 5.74) is 6.18. The van der Waals surface area contributed by atoms with E-state index < -0.39 is 10.0 Å². The minimum atomic E-state index is -3.74. The molecule has 0 saturated carbocycles. The zero-order chi connectivity index (χ0) is 12.6. The van der Waals surface area contributed by atoms with Crippen LogP contribution in [0.3, 0.4) is 0 Å². The van der Waals surface area contributed by atoms with E-state index in [9.17, 15) is 8.42 Å². The number of nitrogen functional groups attached to an aromatic ring is 1. The average molecular weight is 256 g/mol. The molecular formula is C8H12N6O2S. The number of anilines is 2. The number of aromatic nitrogens is 4. The smallest absolute Gasteiger partial charge is 0.268 e. The first-order chi connectivity index (χ1) is 7.90. The summed E-state index contributed by atoms with van der Waals surface area (Å²) in [7, 11) is -2.10. The summed E-state index contributed by atoms with van der Waals surface area (Å²) in [6.45, 7) is 1.77. The number of hydrogen-bond donors (Lipinski definition) is 3. The van der Waals surface area contributed by atoms with Crippen LogP contribution in [0.1, 0.15) is 5.69 Å². The number of hydrogen-bond acceptors (Lipinski definition) is 5. The Labute approximate surface area is 97.9 Å². The fourth-order valence-electron chi connectivity index (χ4n) is 1.40. The number of sulfonamides is 1. The van der Waals surface area contributed by atoms with Gasteiger partial charge in [0.2, 0.25) is 0 Å². The van der Waals surface area contributed by atoms with Gasteiger partial charge in [0.05, 0.1) is 11.9 Å². The topological polar surface area (TPSA) is 119 Å². The quantitative estimate of drug-likeness (QED) is 0.704. The second-order valence-corrected chi connectivity index (χ2v) is 5.20. The van der Waals surface area contributed by atoms with Crippen molar-refractivity contribution in [3.8, 4) is 0 Å². The van der Waals surface area contributed by atoms with Crippen LogP contribution in [0.25, 0.3) is 0 Å². The Hall–Kier alpha value is -2.03. The van der Waals surface area contributed by atoms with Crippen LogP contribution in [0.15, 0.2) is 17.2 Å². The minimum absolute atomic E-state index is 0.00334. The Kier molecular flexibility index (Phi) is 2.54. The van der Waals surface area contributed by atoms with Gasteiger partial charge in [-0.25, -0.2) is 8.42 Å². The molecule has 0 aromatic carbocycles. The van der Waals surface area contributed by atoms with Crippen LogP contribution in [0.4, 0.5) is 11.6 Å². The lowest BCUT2D eigenvalue weighted by Gasteiger charge is -2.06. The molecule has 2 aromatic rings. The molecule has 2 rings (SSSR count). The van der Waals surface area contributed by atoms with E-state index in [2.05, 4.69) is 20.0 Å². The van der Waals surface area contributed by atoms with E-state index in [0.717, 1.165) is 6.20 Å². The van der Waals surface area contributed by atoms with Crippen LogP contribution in [-0.2, 0) is 17.1 Å². The molecule has 0 aliphatic heterocycles. The molecule has 0 spiro atoms. The lowest BCUT2D eigenvalue weighted by atomic mass is 10.5. The largest absolute Gasteiger partial charge is 0.383 e. The average Bonchev–Trinajstić information content (AvgIpc) is 2.74. The first-order valence-corrected chi connectivity index (χ1v) is 6.21. The molecule has 8 nitrogen and oxygen atoms in total. The van der Waals surface area contributed by atoms with Crippen LogP contribution in [-0.4, -0.2) is 28.4 Å². The Bertz CT molecular complexity index is 641. The highest BCUT2D eigenvalue weighted by molar-refractivity contribution is 7.92. The van der Waals surface area contributed by atoms with Crippen LogP contribution in [0.2, 0.25) is 0 Å². The summed E-state index contributed by atoms with van der Waals surface area (Å²) in [4.78, 5) is -0.0867. The van der Waals surface area contributed by atoms with Gasteiger partial charge in [-0.2, -0.15) is 10.2 Å². The third-order valence-corrected chi connectivity index (χ3v) is 3.54. The summed E-state index contributed by atoms with van der Waals surface area (Å²) in [5.74, 6) is 0.361. The second-order valence-electron chi connectivity index (χ2n) is 3.55. The van der Waals surface area contributed by atoms with Gasteiger partial charge in [0.15, 0.2) is 0 Å². The maximum Gasteiger partial charge on any atom is 0.268 e. The first-order valence-electron chi connectivity index (χ1n) is 4.72. The predicted octanol–water partition coefficient (Wildman–Crippen LogP) is -0.165. The van der Waals surface area contributed by atoms with E-state index in [1.54, 1.807) is 20.0 Å². The van der Waals surface area contributed by atoms with Gasteiger partial charge in [-0.3, -0.25) is 14.5 Å². The molecule has 0 fully saturated rings. The Morgan fingerprint density at radius 3 is 2.71 bits per heavy atom. The molecule has 17 heavy (non-hydrogen) atoms. The van der Waals surface area contributed by atoms with Crippen molar-refractivity contribution < 1.29 is 8.42 Å². The molecule has 0 bridgehead atoms. The van der Waals surface area contributed by atoms with Crippen molar-refractivity contribution in [2.75, 3.05) is 10.5 Å². The highest BCUT2D eigenvalue weighted by Gasteiger charge is 2.20. The van der Waals surface area contributed by atoms with Crippen LogP contribution >= 0.6 is 0 Å². The molecule has 4 N–H and O–H groups in total. The molecule has 0 saturated heterocycles. The molecule has 0 radical (unpaired) electrons. The molecule has 0 aliphatic rings.